The third-order valence-electron chi connectivity index (χ3n) is 3.25. The van der Waals surface area contributed by atoms with E-state index in [1.807, 2.05) is 24.3 Å². The summed E-state index contributed by atoms with van der Waals surface area (Å²) in [6.07, 6.45) is 0. The maximum absolute atomic E-state index is 11.9. The molecule has 0 aliphatic carbocycles. The second-order valence-electron chi connectivity index (χ2n) is 5.45. The molecule has 0 heterocycles. The molecule has 0 atom stereocenters. The number of halogens is 1. The second kappa shape index (κ2) is 8.39. The van der Waals surface area contributed by atoms with Crippen molar-refractivity contribution in [2.24, 2.45) is 0 Å². The van der Waals surface area contributed by atoms with Crippen molar-refractivity contribution in [1.29, 1.82) is 0 Å². The maximum atomic E-state index is 11.9. The molecule has 22 heavy (non-hydrogen) atoms. The highest BCUT2D eigenvalue weighted by molar-refractivity contribution is 9.10. The van der Waals surface area contributed by atoms with E-state index in [4.69, 9.17) is 0 Å². The first kappa shape index (κ1) is 17.1. The van der Waals surface area contributed by atoms with Crippen LogP contribution in [0.5, 0.6) is 0 Å². The molecule has 0 aromatic heterocycles. The van der Waals surface area contributed by atoms with Crippen LogP contribution in [0.1, 0.15) is 30.9 Å². The van der Waals surface area contributed by atoms with Crippen LogP contribution in [0.2, 0.25) is 0 Å². The molecule has 1 N–H and O–H groups in total. The number of hydrogen-bond donors (Lipinski definition) is 1. The SMILES string of the molecule is CC(C)c1ccc(NC(=O)CSCc2cccc(Br)c2)cc1. The van der Waals surface area contributed by atoms with Gasteiger partial charge in [-0.1, -0.05) is 54.0 Å². The highest BCUT2D eigenvalue weighted by Gasteiger charge is 2.04. The van der Waals surface area contributed by atoms with Crippen LogP contribution >= 0.6 is 27.7 Å². The van der Waals surface area contributed by atoms with E-state index in [0.29, 0.717) is 11.7 Å². The highest BCUT2D eigenvalue weighted by atomic mass is 79.9. The zero-order valence-electron chi connectivity index (χ0n) is 12.8. The lowest BCUT2D eigenvalue weighted by atomic mass is 10.0. The molecule has 0 saturated carbocycles. The Morgan fingerprint density at radius 2 is 1.91 bits per heavy atom. The van der Waals surface area contributed by atoms with Crippen LogP contribution in [0, 0.1) is 0 Å². The number of carbonyl (C=O) groups is 1. The summed E-state index contributed by atoms with van der Waals surface area (Å²) in [6, 6.07) is 16.2. The minimum Gasteiger partial charge on any atom is -0.325 e. The number of hydrogen-bond acceptors (Lipinski definition) is 2. The summed E-state index contributed by atoms with van der Waals surface area (Å²) in [5.41, 5.74) is 3.35. The molecule has 1 amide bonds. The number of thioether (sulfide) groups is 1. The Morgan fingerprint density at radius 1 is 1.18 bits per heavy atom. The summed E-state index contributed by atoms with van der Waals surface area (Å²) in [5.74, 6) is 1.83. The Kier molecular flexibility index (Phi) is 6.52. The average molecular weight is 378 g/mol. The topological polar surface area (TPSA) is 29.1 Å². The third kappa shape index (κ3) is 5.50. The van der Waals surface area contributed by atoms with E-state index in [1.54, 1.807) is 11.8 Å². The van der Waals surface area contributed by atoms with Gasteiger partial charge in [-0.2, -0.15) is 0 Å². The maximum Gasteiger partial charge on any atom is 0.234 e. The molecular weight excluding hydrogens is 358 g/mol. The number of benzene rings is 2. The molecule has 0 bridgehead atoms. The molecule has 0 radical (unpaired) electrons. The molecule has 0 saturated heterocycles. The van der Waals surface area contributed by atoms with E-state index in [9.17, 15) is 4.79 Å². The largest absolute Gasteiger partial charge is 0.325 e. The zero-order chi connectivity index (χ0) is 15.9. The van der Waals surface area contributed by atoms with Crippen molar-refractivity contribution in [3.8, 4) is 0 Å². The lowest BCUT2D eigenvalue weighted by Crippen LogP contribution is -2.14. The minimum absolute atomic E-state index is 0.0392. The molecule has 0 aliphatic rings. The van der Waals surface area contributed by atoms with Gasteiger partial charge in [0.05, 0.1) is 5.75 Å². The van der Waals surface area contributed by atoms with Gasteiger partial charge >= 0.3 is 0 Å². The van der Waals surface area contributed by atoms with Gasteiger partial charge in [0.1, 0.15) is 0 Å². The smallest absolute Gasteiger partial charge is 0.234 e. The minimum atomic E-state index is 0.0392. The van der Waals surface area contributed by atoms with Crippen molar-refractivity contribution < 1.29 is 4.79 Å². The fourth-order valence-electron chi connectivity index (χ4n) is 2.04. The van der Waals surface area contributed by atoms with Gasteiger partial charge in [0.2, 0.25) is 5.91 Å². The van der Waals surface area contributed by atoms with Crippen molar-refractivity contribution >= 4 is 39.3 Å². The standard InChI is InChI=1S/C18H20BrNOS/c1-13(2)15-6-8-17(9-7-15)20-18(21)12-22-11-14-4-3-5-16(19)10-14/h3-10,13H,11-12H2,1-2H3,(H,20,21). The molecule has 0 aliphatic heterocycles. The van der Waals surface area contributed by atoms with Crippen LogP contribution in [0.25, 0.3) is 0 Å². The van der Waals surface area contributed by atoms with Crippen molar-refractivity contribution in [2.75, 3.05) is 11.1 Å². The van der Waals surface area contributed by atoms with Crippen molar-refractivity contribution in [2.45, 2.75) is 25.5 Å². The van der Waals surface area contributed by atoms with Gasteiger partial charge in [0.25, 0.3) is 0 Å². The predicted octanol–water partition coefficient (Wildman–Crippen LogP) is 5.44. The van der Waals surface area contributed by atoms with Crippen molar-refractivity contribution in [3.05, 3.63) is 64.1 Å². The van der Waals surface area contributed by atoms with Gasteiger partial charge in [0, 0.05) is 15.9 Å². The molecule has 2 nitrogen and oxygen atoms in total. The van der Waals surface area contributed by atoms with Gasteiger partial charge in [-0.25, -0.2) is 0 Å². The van der Waals surface area contributed by atoms with E-state index < -0.39 is 0 Å². The summed E-state index contributed by atoms with van der Waals surface area (Å²) in [5, 5.41) is 2.94. The molecule has 0 unspecified atom stereocenters. The Bertz CT molecular complexity index is 625. The Balaban J connectivity index is 1.78. The number of anilines is 1. The van der Waals surface area contributed by atoms with Crippen LogP contribution < -0.4 is 5.32 Å². The first-order valence-electron chi connectivity index (χ1n) is 7.26. The average Bonchev–Trinajstić information content (AvgIpc) is 2.48. The van der Waals surface area contributed by atoms with Gasteiger partial charge < -0.3 is 5.32 Å². The van der Waals surface area contributed by atoms with Gasteiger partial charge in [-0.05, 0) is 41.3 Å². The molecular formula is C18H20BrNOS. The normalized spacial score (nSPS) is 10.7. The van der Waals surface area contributed by atoms with Crippen LogP contribution in [0.4, 0.5) is 5.69 Å². The summed E-state index contributed by atoms with van der Waals surface area (Å²) in [4.78, 5) is 11.9. The molecule has 2 aromatic rings. The van der Waals surface area contributed by atoms with E-state index >= 15 is 0 Å². The van der Waals surface area contributed by atoms with Crippen molar-refractivity contribution in [3.63, 3.8) is 0 Å². The Labute approximate surface area is 144 Å². The van der Waals surface area contributed by atoms with Crippen LogP contribution in [-0.2, 0) is 10.5 Å². The van der Waals surface area contributed by atoms with Gasteiger partial charge in [0.15, 0.2) is 0 Å². The van der Waals surface area contributed by atoms with Crippen LogP contribution in [0.15, 0.2) is 53.0 Å². The monoisotopic (exact) mass is 377 g/mol. The molecule has 0 spiro atoms. The first-order valence-corrected chi connectivity index (χ1v) is 9.21. The second-order valence-corrected chi connectivity index (χ2v) is 7.35. The zero-order valence-corrected chi connectivity index (χ0v) is 15.2. The predicted molar refractivity (Wildman–Crippen MR) is 99.5 cm³/mol. The molecule has 2 rings (SSSR count). The Morgan fingerprint density at radius 3 is 2.55 bits per heavy atom. The lowest BCUT2D eigenvalue weighted by Gasteiger charge is -2.08. The number of nitrogens with one attached hydrogen (secondary N) is 1. The number of rotatable bonds is 6. The van der Waals surface area contributed by atoms with E-state index in [2.05, 4.69) is 59.4 Å². The van der Waals surface area contributed by atoms with Crippen molar-refractivity contribution in [1.82, 2.24) is 0 Å². The first-order chi connectivity index (χ1) is 10.5. The van der Waals surface area contributed by atoms with E-state index in [0.717, 1.165) is 15.9 Å². The van der Waals surface area contributed by atoms with Crippen LogP contribution in [0.3, 0.4) is 0 Å². The quantitative estimate of drug-likeness (QED) is 0.725. The fraction of sp³-hybridized carbons (Fsp3) is 0.278. The summed E-state index contributed by atoms with van der Waals surface area (Å²) >= 11 is 5.07. The molecule has 116 valence electrons. The number of amides is 1. The summed E-state index contributed by atoms with van der Waals surface area (Å²) < 4.78 is 1.07. The molecule has 2 aromatic carbocycles. The van der Waals surface area contributed by atoms with E-state index in [-0.39, 0.29) is 5.91 Å². The molecule has 0 fully saturated rings. The third-order valence-corrected chi connectivity index (χ3v) is 4.75. The van der Waals surface area contributed by atoms with E-state index in [1.165, 1.54) is 11.1 Å². The fourth-order valence-corrected chi connectivity index (χ4v) is 3.26. The summed E-state index contributed by atoms with van der Waals surface area (Å²) in [7, 11) is 0. The van der Waals surface area contributed by atoms with Gasteiger partial charge in [-0.15, -0.1) is 11.8 Å². The Hall–Kier alpha value is -1.26. The number of carbonyl (C=O) groups excluding carboxylic acids is 1. The highest BCUT2D eigenvalue weighted by Crippen LogP contribution is 2.19. The van der Waals surface area contributed by atoms with Crippen LogP contribution in [-0.4, -0.2) is 11.7 Å². The summed E-state index contributed by atoms with van der Waals surface area (Å²) in [6.45, 7) is 4.32. The lowest BCUT2D eigenvalue weighted by molar-refractivity contribution is -0.113. The molecule has 4 heteroatoms. The van der Waals surface area contributed by atoms with Gasteiger partial charge in [-0.3, -0.25) is 4.79 Å².